The van der Waals surface area contributed by atoms with Crippen molar-refractivity contribution in [1.29, 1.82) is 0 Å². The van der Waals surface area contributed by atoms with E-state index < -0.39 is 11.6 Å². The third kappa shape index (κ3) is 3.31. The number of fused-ring (bicyclic) bond motifs is 2. The second-order valence-electron chi connectivity index (χ2n) is 6.61. The van der Waals surface area contributed by atoms with Gasteiger partial charge in [-0.1, -0.05) is 32.0 Å². The maximum atomic E-state index is 12.9. The Morgan fingerprint density at radius 1 is 1.04 bits per heavy atom. The number of aromatic nitrogens is 1. The van der Waals surface area contributed by atoms with Gasteiger partial charge >= 0.3 is 11.6 Å². The Hall–Kier alpha value is -3.47. The van der Waals surface area contributed by atoms with E-state index in [1.807, 2.05) is 38.1 Å². The highest BCUT2D eigenvalue weighted by molar-refractivity contribution is 6.04. The molecule has 0 aliphatic heterocycles. The van der Waals surface area contributed by atoms with Crippen molar-refractivity contribution in [3.63, 3.8) is 0 Å². The number of hydrogen-bond donors (Lipinski definition) is 0. The zero-order valence-corrected chi connectivity index (χ0v) is 14.9. The van der Waals surface area contributed by atoms with Crippen LogP contribution in [0.1, 0.15) is 35.8 Å². The summed E-state index contributed by atoms with van der Waals surface area (Å²) in [5.74, 6) is 0.0121. The highest BCUT2D eigenvalue weighted by Crippen LogP contribution is 2.25. The van der Waals surface area contributed by atoms with Crippen LogP contribution in [-0.4, -0.2) is 11.0 Å². The summed E-state index contributed by atoms with van der Waals surface area (Å²) in [6, 6.07) is 17.2. The minimum absolute atomic E-state index is 0.177. The lowest BCUT2D eigenvalue weighted by molar-refractivity contribution is 0.0737. The molecule has 0 aliphatic rings. The molecule has 0 saturated heterocycles. The number of benzene rings is 2. The standard InChI is InChI=1S/C22H17NO4/c1-13(2)19-12-17(16-5-3-4-6-18(16)23-19)22(25)26-15-9-7-14-8-10-21(24)27-20(14)11-15/h3-13H,1-2H3. The zero-order valence-electron chi connectivity index (χ0n) is 14.9. The second kappa shape index (κ2) is 6.68. The van der Waals surface area contributed by atoms with E-state index in [9.17, 15) is 9.59 Å². The molecule has 134 valence electrons. The van der Waals surface area contributed by atoms with E-state index in [2.05, 4.69) is 4.98 Å². The van der Waals surface area contributed by atoms with E-state index in [1.165, 1.54) is 6.07 Å². The third-order valence-corrected chi connectivity index (χ3v) is 4.35. The van der Waals surface area contributed by atoms with E-state index in [4.69, 9.17) is 9.15 Å². The fourth-order valence-corrected chi connectivity index (χ4v) is 2.93. The number of esters is 1. The number of pyridine rings is 1. The van der Waals surface area contributed by atoms with Crippen molar-refractivity contribution in [3.8, 4) is 5.75 Å². The summed E-state index contributed by atoms with van der Waals surface area (Å²) >= 11 is 0. The van der Waals surface area contributed by atoms with Crippen LogP contribution in [0.5, 0.6) is 5.75 Å². The second-order valence-corrected chi connectivity index (χ2v) is 6.61. The van der Waals surface area contributed by atoms with Crippen molar-refractivity contribution < 1.29 is 13.9 Å². The summed E-state index contributed by atoms with van der Waals surface area (Å²) < 4.78 is 10.7. The van der Waals surface area contributed by atoms with E-state index >= 15 is 0 Å². The Labute approximate surface area is 155 Å². The van der Waals surface area contributed by atoms with E-state index in [1.54, 1.807) is 30.3 Å². The summed E-state index contributed by atoms with van der Waals surface area (Å²) in [5, 5.41) is 1.49. The van der Waals surface area contributed by atoms with Gasteiger partial charge in [0.1, 0.15) is 11.3 Å². The fraction of sp³-hybridized carbons (Fsp3) is 0.136. The quantitative estimate of drug-likeness (QED) is 0.302. The summed E-state index contributed by atoms with van der Waals surface area (Å²) in [7, 11) is 0. The predicted molar refractivity (Wildman–Crippen MR) is 103 cm³/mol. The van der Waals surface area contributed by atoms with Crippen molar-refractivity contribution in [2.24, 2.45) is 0 Å². The molecule has 0 bridgehead atoms. The minimum atomic E-state index is -0.479. The molecule has 0 atom stereocenters. The average Bonchev–Trinajstić information content (AvgIpc) is 2.66. The van der Waals surface area contributed by atoms with Crippen molar-refractivity contribution in [2.75, 3.05) is 0 Å². The summed E-state index contributed by atoms with van der Waals surface area (Å²) in [6.45, 7) is 4.05. The largest absolute Gasteiger partial charge is 0.423 e. The molecule has 0 aliphatic carbocycles. The molecule has 2 heterocycles. The van der Waals surface area contributed by atoms with Gasteiger partial charge in [-0.3, -0.25) is 4.98 Å². The first-order chi connectivity index (χ1) is 13.0. The molecule has 4 aromatic rings. The Morgan fingerprint density at radius 3 is 2.63 bits per heavy atom. The number of carbonyl (C=O) groups excluding carboxylic acids is 1. The SMILES string of the molecule is CC(C)c1cc(C(=O)Oc2ccc3ccc(=O)oc3c2)c2ccccc2n1. The van der Waals surface area contributed by atoms with Gasteiger partial charge in [0.15, 0.2) is 0 Å². The lowest BCUT2D eigenvalue weighted by Gasteiger charge is -2.11. The van der Waals surface area contributed by atoms with Crippen LogP contribution < -0.4 is 10.4 Å². The predicted octanol–water partition coefficient (Wildman–Crippen LogP) is 4.68. The number of carbonyl (C=O) groups is 1. The molecule has 0 unspecified atom stereocenters. The van der Waals surface area contributed by atoms with Gasteiger partial charge in [-0.15, -0.1) is 0 Å². The van der Waals surface area contributed by atoms with Gasteiger partial charge in [0.2, 0.25) is 0 Å². The molecule has 0 radical (unpaired) electrons. The molecule has 0 amide bonds. The highest BCUT2D eigenvalue weighted by Gasteiger charge is 2.16. The van der Waals surface area contributed by atoms with Gasteiger partial charge < -0.3 is 9.15 Å². The smallest absolute Gasteiger partial charge is 0.344 e. The monoisotopic (exact) mass is 359 g/mol. The molecule has 2 aromatic carbocycles. The molecule has 4 rings (SSSR count). The topological polar surface area (TPSA) is 69.4 Å². The molecular formula is C22H17NO4. The van der Waals surface area contributed by atoms with Crippen LogP contribution in [0, 0.1) is 0 Å². The molecular weight excluding hydrogens is 342 g/mol. The average molecular weight is 359 g/mol. The van der Waals surface area contributed by atoms with Gasteiger partial charge in [-0.25, -0.2) is 9.59 Å². The van der Waals surface area contributed by atoms with Crippen LogP contribution in [0.2, 0.25) is 0 Å². The molecule has 0 N–H and O–H groups in total. The van der Waals surface area contributed by atoms with Crippen molar-refractivity contribution in [1.82, 2.24) is 4.98 Å². The maximum absolute atomic E-state index is 12.9. The van der Waals surface area contributed by atoms with E-state index in [-0.39, 0.29) is 5.92 Å². The van der Waals surface area contributed by atoms with Gasteiger partial charge in [-0.05, 0) is 36.2 Å². The molecule has 5 nitrogen and oxygen atoms in total. The fourth-order valence-electron chi connectivity index (χ4n) is 2.93. The normalized spacial score (nSPS) is 11.2. The lowest BCUT2D eigenvalue weighted by atomic mass is 10.0. The molecule has 2 aromatic heterocycles. The molecule has 27 heavy (non-hydrogen) atoms. The van der Waals surface area contributed by atoms with E-state index in [0.29, 0.717) is 16.9 Å². The van der Waals surface area contributed by atoms with Gasteiger partial charge in [0, 0.05) is 28.6 Å². The summed E-state index contributed by atoms with van der Waals surface area (Å²) in [6.07, 6.45) is 0. The van der Waals surface area contributed by atoms with Crippen molar-refractivity contribution >= 4 is 27.8 Å². The molecule has 0 fully saturated rings. The van der Waals surface area contributed by atoms with Crippen LogP contribution in [-0.2, 0) is 0 Å². The van der Waals surface area contributed by atoms with Crippen molar-refractivity contribution in [2.45, 2.75) is 19.8 Å². The van der Waals surface area contributed by atoms with Crippen molar-refractivity contribution in [3.05, 3.63) is 82.3 Å². The van der Waals surface area contributed by atoms with Crippen LogP contribution in [0.4, 0.5) is 0 Å². The summed E-state index contributed by atoms with van der Waals surface area (Å²) in [4.78, 5) is 28.9. The van der Waals surface area contributed by atoms with Gasteiger partial charge in [-0.2, -0.15) is 0 Å². The first-order valence-corrected chi connectivity index (χ1v) is 8.67. The van der Waals surface area contributed by atoms with Crippen LogP contribution in [0.15, 0.2) is 69.9 Å². The number of hydrogen-bond acceptors (Lipinski definition) is 5. The first kappa shape index (κ1) is 17.0. The third-order valence-electron chi connectivity index (χ3n) is 4.35. The van der Waals surface area contributed by atoms with E-state index in [0.717, 1.165) is 22.0 Å². The van der Waals surface area contributed by atoms with Gasteiger partial charge in [0.25, 0.3) is 0 Å². The summed E-state index contributed by atoms with van der Waals surface area (Å²) in [5.41, 5.74) is 1.95. The zero-order chi connectivity index (χ0) is 19.0. The Kier molecular flexibility index (Phi) is 4.20. The molecule has 5 heteroatoms. The Morgan fingerprint density at radius 2 is 1.81 bits per heavy atom. The Bertz CT molecular complexity index is 1220. The van der Waals surface area contributed by atoms with Gasteiger partial charge in [0.05, 0.1) is 11.1 Å². The maximum Gasteiger partial charge on any atom is 0.344 e. The lowest BCUT2D eigenvalue weighted by Crippen LogP contribution is -2.11. The highest BCUT2D eigenvalue weighted by atomic mass is 16.5. The molecule has 0 saturated carbocycles. The Balaban J connectivity index is 1.75. The minimum Gasteiger partial charge on any atom is -0.423 e. The number of ether oxygens (including phenoxy) is 1. The first-order valence-electron chi connectivity index (χ1n) is 8.67. The van der Waals surface area contributed by atoms with Crippen LogP contribution in [0.25, 0.3) is 21.9 Å². The number of nitrogens with zero attached hydrogens (tertiary/aromatic N) is 1. The van der Waals surface area contributed by atoms with Crippen LogP contribution >= 0.6 is 0 Å². The number of rotatable bonds is 3. The molecule has 0 spiro atoms. The van der Waals surface area contributed by atoms with Crippen LogP contribution in [0.3, 0.4) is 0 Å². The number of para-hydroxylation sites is 1.